The number of nitrogens with one attached hydrogen (secondary N) is 1. The van der Waals surface area contributed by atoms with Crippen molar-refractivity contribution >= 4 is 33.2 Å². The standard InChI is InChI=1S/C22H24N2O2S.ClH/c25-27(26,22-12-5-10-19-8-3-4-11-21(19)22)23-14-6-15-24-16-13-18-7-1-2-9-20(18)17-24;/h1-5,7-12,23H,6,13-17H2;1H. The van der Waals surface area contributed by atoms with Gasteiger partial charge in [0.25, 0.3) is 0 Å². The summed E-state index contributed by atoms with van der Waals surface area (Å²) in [6.07, 6.45) is 1.87. The zero-order valence-electron chi connectivity index (χ0n) is 15.7. The van der Waals surface area contributed by atoms with Gasteiger partial charge in [-0.15, -0.1) is 12.4 Å². The fourth-order valence-corrected chi connectivity index (χ4v) is 5.06. The van der Waals surface area contributed by atoms with Crippen LogP contribution in [-0.4, -0.2) is 33.0 Å². The van der Waals surface area contributed by atoms with Crippen LogP contribution in [0.25, 0.3) is 10.8 Å². The van der Waals surface area contributed by atoms with Gasteiger partial charge < -0.3 is 0 Å². The number of nitrogens with zero attached hydrogens (tertiary/aromatic N) is 1. The second-order valence-electron chi connectivity index (χ2n) is 7.02. The maximum absolute atomic E-state index is 12.7. The monoisotopic (exact) mass is 416 g/mol. The van der Waals surface area contributed by atoms with Crippen LogP contribution in [-0.2, 0) is 23.0 Å². The van der Waals surface area contributed by atoms with Crippen molar-refractivity contribution in [3.05, 3.63) is 77.9 Å². The second kappa shape index (κ2) is 9.05. The lowest BCUT2D eigenvalue weighted by Crippen LogP contribution is -2.33. The number of hydrogen-bond acceptors (Lipinski definition) is 3. The highest BCUT2D eigenvalue weighted by atomic mass is 35.5. The average molecular weight is 417 g/mol. The number of halogens is 1. The molecule has 0 aliphatic carbocycles. The van der Waals surface area contributed by atoms with Gasteiger partial charge in [-0.25, -0.2) is 13.1 Å². The highest BCUT2D eigenvalue weighted by Gasteiger charge is 2.18. The molecule has 4 nitrogen and oxygen atoms in total. The van der Waals surface area contributed by atoms with E-state index in [1.807, 2.05) is 30.3 Å². The molecule has 1 aliphatic heterocycles. The number of fused-ring (bicyclic) bond motifs is 2. The molecule has 3 aromatic rings. The van der Waals surface area contributed by atoms with Gasteiger partial charge in [0.05, 0.1) is 4.90 Å². The van der Waals surface area contributed by atoms with E-state index in [-0.39, 0.29) is 12.4 Å². The second-order valence-corrected chi connectivity index (χ2v) is 8.76. The van der Waals surface area contributed by atoms with Crippen LogP contribution in [0.15, 0.2) is 71.6 Å². The molecule has 0 saturated heterocycles. The molecule has 0 atom stereocenters. The summed E-state index contributed by atoms with van der Waals surface area (Å²) in [5.41, 5.74) is 2.82. The molecule has 0 saturated carbocycles. The first-order valence-electron chi connectivity index (χ1n) is 9.40. The van der Waals surface area contributed by atoms with Crippen LogP contribution in [0.5, 0.6) is 0 Å². The molecule has 0 aromatic heterocycles. The van der Waals surface area contributed by atoms with Crippen molar-refractivity contribution in [2.75, 3.05) is 19.6 Å². The third-order valence-corrected chi connectivity index (χ3v) is 6.71. The van der Waals surface area contributed by atoms with Crippen molar-refractivity contribution in [2.45, 2.75) is 24.3 Å². The molecule has 0 unspecified atom stereocenters. The molecule has 1 N–H and O–H groups in total. The van der Waals surface area contributed by atoms with Gasteiger partial charge in [0.2, 0.25) is 10.0 Å². The summed E-state index contributed by atoms with van der Waals surface area (Å²) in [5, 5.41) is 1.70. The maximum atomic E-state index is 12.7. The quantitative estimate of drug-likeness (QED) is 0.618. The molecule has 3 aromatic carbocycles. The summed E-state index contributed by atoms with van der Waals surface area (Å²) in [4.78, 5) is 2.75. The van der Waals surface area contributed by atoms with Gasteiger partial charge >= 0.3 is 0 Å². The Labute approximate surface area is 173 Å². The minimum atomic E-state index is -3.51. The van der Waals surface area contributed by atoms with Crippen LogP contribution in [0.4, 0.5) is 0 Å². The predicted molar refractivity (Wildman–Crippen MR) is 116 cm³/mol. The zero-order chi connectivity index (χ0) is 18.7. The van der Waals surface area contributed by atoms with Crippen LogP contribution in [0, 0.1) is 0 Å². The summed E-state index contributed by atoms with van der Waals surface area (Å²) < 4.78 is 28.2. The Morgan fingerprint density at radius 2 is 1.61 bits per heavy atom. The van der Waals surface area contributed by atoms with Gasteiger partial charge in [-0.3, -0.25) is 4.90 Å². The summed E-state index contributed by atoms with van der Waals surface area (Å²) in [7, 11) is -3.51. The largest absolute Gasteiger partial charge is 0.299 e. The first-order valence-corrected chi connectivity index (χ1v) is 10.9. The number of rotatable bonds is 6. The van der Waals surface area contributed by atoms with Crippen LogP contribution < -0.4 is 4.72 Å². The van der Waals surface area contributed by atoms with Crippen molar-refractivity contribution in [2.24, 2.45) is 0 Å². The Balaban J connectivity index is 0.00000225. The SMILES string of the molecule is Cl.O=S(=O)(NCCCN1CCc2ccccc2C1)c1cccc2ccccc12. The Bertz CT molecular complexity index is 1050. The van der Waals surface area contributed by atoms with Crippen LogP contribution in [0.3, 0.4) is 0 Å². The van der Waals surface area contributed by atoms with E-state index in [0.29, 0.717) is 11.4 Å². The van der Waals surface area contributed by atoms with Crippen molar-refractivity contribution < 1.29 is 8.42 Å². The lowest BCUT2D eigenvalue weighted by atomic mass is 10.00. The van der Waals surface area contributed by atoms with Gasteiger partial charge in [-0.2, -0.15) is 0 Å². The van der Waals surface area contributed by atoms with Crippen molar-refractivity contribution in [1.29, 1.82) is 0 Å². The highest BCUT2D eigenvalue weighted by Crippen LogP contribution is 2.22. The zero-order valence-corrected chi connectivity index (χ0v) is 17.3. The molecule has 1 aliphatic rings. The first-order chi connectivity index (χ1) is 13.1. The Kier molecular flexibility index (Phi) is 6.73. The molecule has 0 fully saturated rings. The summed E-state index contributed by atoms with van der Waals surface area (Å²) >= 11 is 0. The molecule has 148 valence electrons. The summed E-state index contributed by atoms with van der Waals surface area (Å²) in [6, 6.07) is 21.5. The molecule has 0 radical (unpaired) electrons. The first kappa shape index (κ1) is 20.8. The molecule has 0 amide bonds. The molecule has 0 bridgehead atoms. The minimum Gasteiger partial charge on any atom is -0.299 e. The Hall–Kier alpha value is -1.92. The normalized spacial score (nSPS) is 14.4. The average Bonchev–Trinajstić information content (AvgIpc) is 2.70. The van der Waals surface area contributed by atoms with Crippen LogP contribution in [0.2, 0.25) is 0 Å². The van der Waals surface area contributed by atoms with Gasteiger partial charge in [0.1, 0.15) is 0 Å². The molecule has 6 heteroatoms. The van der Waals surface area contributed by atoms with E-state index in [2.05, 4.69) is 33.9 Å². The molecule has 4 rings (SSSR count). The number of benzene rings is 3. The Morgan fingerprint density at radius 1 is 0.893 bits per heavy atom. The van der Waals surface area contributed by atoms with Gasteiger partial charge in [0.15, 0.2) is 0 Å². The third-order valence-electron chi connectivity index (χ3n) is 5.19. The van der Waals surface area contributed by atoms with Crippen molar-refractivity contribution in [3.8, 4) is 0 Å². The van der Waals surface area contributed by atoms with Crippen molar-refractivity contribution in [3.63, 3.8) is 0 Å². The number of sulfonamides is 1. The fraction of sp³-hybridized carbons (Fsp3) is 0.273. The highest BCUT2D eigenvalue weighted by molar-refractivity contribution is 7.89. The molecule has 28 heavy (non-hydrogen) atoms. The van der Waals surface area contributed by atoms with E-state index < -0.39 is 10.0 Å². The van der Waals surface area contributed by atoms with E-state index >= 15 is 0 Å². The van der Waals surface area contributed by atoms with Crippen molar-refractivity contribution in [1.82, 2.24) is 9.62 Å². The lowest BCUT2D eigenvalue weighted by Gasteiger charge is -2.28. The van der Waals surface area contributed by atoms with Crippen LogP contribution in [0.1, 0.15) is 17.5 Å². The van der Waals surface area contributed by atoms with E-state index in [1.165, 1.54) is 11.1 Å². The molecular formula is C22H25ClN2O2S. The van der Waals surface area contributed by atoms with E-state index in [1.54, 1.807) is 12.1 Å². The predicted octanol–water partition coefficient (Wildman–Crippen LogP) is 3.99. The smallest absolute Gasteiger partial charge is 0.241 e. The maximum Gasteiger partial charge on any atom is 0.241 e. The molecule has 0 spiro atoms. The fourth-order valence-electron chi connectivity index (χ4n) is 3.76. The molecule has 1 heterocycles. The molecular weight excluding hydrogens is 392 g/mol. The van der Waals surface area contributed by atoms with E-state index in [9.17, 15) is 8.42 Å². The van der Waals surface area contributed by atoms with Crippen LogP contribution >= 0.6 is 12.4 Å². The van der Waals surface area contributed by atoms with Gasteiger partial charge in [-0.1, -0.05) is 60.7 Å². The topological polar surface area (TPSA) is 49.4 Å². The van der Waals surface area contributed by atoms with E-state index in [0.717, 1.165) is 43.2 Å². The summed E-state index contributed by atoms with van der Waals surface area (Å²) in [5.74, 6) is 0. The van der Waals surface area contributed by atoms with Gasteiger partial charge in [0, 0.05) is 25.0 Å². The lowest BCUT2D eigenvalue weighted by molar-refractivity contribution is 0.251. The summed E-state index contributed by atoms with van der Waals surface area (Å²) in [6.45, 7) is 3.33. The third kappa shape index (κ3) is 4.55. The van der Waals surface area contributed by atoms with E-state index in [4.69, 9.17) is 0 Å². The minimum absolute atomic E-state index is 0. The number of hydrogen-bond donors (Lipinski definition) is 1. The Morgan fingerprint density at radius 3 is 2.46 bits per heavy atom. The van der Waals surface area contributed by atoms with Gasteiger partial charge in [-0.05, 0) is 42.0 Å².